The van der Waals surface area contributed by atoms with E-state index in [-0.39, 0.29) is 0 Å². The van der Waals surface area contributed by atoms with Crippen LogP contribution in [-0.2, 0) is 4.79 Å². The summed E-state index contributed by atoms with van der Waals surface area (Å²) < 4.78 is 0. The molecule has 0 aromatic heterocycles. The van der Waals surface area contributed by atoms with Crippen molar-refractivity contribution in [1.29, 1.82) is 0 Å². The maximum atomic E-state index is 10.3. The molecule has 0 saturated heterocycles. The topological polar surface area (TPSA) is 37.3 Å². The fourth-order valence-corrected chi connectivity index (χ4v) is 2.28. The summed E-state index contributed by atoms with van der Waals surface area (Å²) in [7, 11) is 0. The molecule has 0 heterocycles. The number of carbonyl (C=O) groups is 1. The molecule has 0 unspecified atom stereocenters. The van der Waals surface area contributed by atoms with E-state index in [4.69, 9.17) is 5.11 Å². The van der Waals surface area contributed by atoms with Gasteiger partial charge in [0.25, 0.3) is 0 Å². The van der Waals surface area contributed by atoms with Gasteiger partial charge in [-0.15, -0.1) is 0 Å². The van der Waals surface area contributed by atoms with Gasteiger partial charge in [0.1, 0.15) is 0 Å². The van der Waals surface area contributed by atoms with Gasteiger partial charge in [0.15, 0.2) is 0 Å². The van der Waals surface area contributed by atoms with Crippen LogP contribution in [0.2, 0.25) is 0 Å². The average molecular weight is 294 g/mol. The van der Waals surface area contributed by atoms with Crippen LogP contribution in [0.15, 0.2) is 24.3 Å². The van der Waals surface area contributed by atoms with Crippen LogP contribution in [0.3, 0.4) is 0 Å². The van der Waals surface area contributed by atoms with Crippen molar-refractivity contribution >= 4 is 5.97 Å². The van der Waals surface area contributed by atoms with E-state index in [0.717, 1.165) is 12.8 Å². The van der Waals surface area contributed by atoms with E-state index < -0.39 is 5.97 Å². The molecule has 0 rings (SSSR count). The highest BCUT2D eigenvalue weighted by Gasteiger charge is 1.96. The lowest BCUT2D eigenvalue weighted by Crippen LogP contribution is -1.93. The molecule has 1 N–H and O–H groups in total. The van der Waals surface area contributed by atoms with Gasteiger partial charge in [-0.3, -0.25) is 4.79 Å². The zero-order valence-corrected chi connectivity index (χ0v) is 13.9. The van der Waals surface area contributed by atoms with Gasteiger partial charge in [0, 0.05) is 6.42 Å². The summed E-state index contributed by atoms with van der Waals surface area (Å²) in [6, 6.07) is 0. The highest BCUT2D eigenvalue weighted by molar-refractivity contribution is 5.66. The molecule has 2 heteroatoms. The van der Waals surface area contributed by atoms with Crippen LogP contribution in [0.4, 0.5) is 0 Å². The summed E-state index contributed by atoms with van der Waals surface area (Å²) in [4.78, 5) is 10.3. The summed E-state index contributed by atoms with van der Waals surface area (Å²) in [5.74, 6) is -0.666. The number of aliphatic carboxylic acids is 1. The van der Waals surface area contributed by atoms with Gasteiger partial charge in [0.05, 0.1) is 0 Å². The smallest absolute Gasteiger partial charge is 0.303 e. The molecule has 0 fully saturated rings. The molecule has 0 aliphatic rings. The van der Waals surface area contributed by atoms with Crippen molar-refractivity contribution in [2.45, 2.75) is 90.4 Å². The minimum absolute atomic E-state index is 0.330. The monoisotopic (exact) mass is 294 g/mol. The van der Waals surface area contributed by atoms with Crippen LogP contribution in [0, 0.1) is 0 Å². The molecule has 0 atom stereocenters. The fourth-order valence-electron chi connectivity index (χ4n) is 2.28. The Bertz CT molecular complexity index is 279. The first-order chi connectivity index (χ1) is 10.3. The average Bonchev–Trinajstić information content (AvgIpc) is 2.46. The maximum Gasteiger partial charge on any atom is 0.303 e. The number of unbranched alkanes of at least 4 members (excludes halogenated alkanes) is 10. The Morgan fingerprint density at radius 2 is 1.24 bits per heavy atom. The highest BCUT2D eigenvalue weighted by atomic mass is 16.4. The Labute approximate surface area is 131 Å². The second kappa shape index (κ2) is 17.0. The molecule has 0 aliphatic heterocycles. The summed E-state index contributed by atoms with van der Waals surface area (Å²) in [6.07, 6.45) is 23.7. The molecule has 0 aliphatic carbocycles. The van der Waals surface area contributed by atoms with E-state index in [2.05, 4.69) is 31.2 Å². The Kier molecular flexibility index (Phi) is 16.2. The first-order valence-corrected chi connectivity index (χ1v) is 8.80. The first kappa shape index (κ1) is 19.9. The third-order valence-corrected chi connectivity index (χ3v) is 3.62. The highest BCUT2D eigenvalue weighted by Crippen LogP contribution is 2.10. The second-order valence-electron chi connectivity index (χ2n) is 5.76. The molecule has 0 radical (unpaired) electrons. The van der Waals surface area contributed by atoms with E-state index in [1.165, 1.54) is 64.2 Å². The van der Waals surface area contributed by atoms with E-state index in [9.17, 15) is 4.79 Å². The van der Waals surface area contributed by atoms with Gasteiger partial charge in [-0.2, -0.15) is 0 Å². The number of hydrogen-bond acceptors (Lipinski definition) is 1. The standard InChI is InChI=1S/C19H34O2/c1-2-3-4-5-6-7-8-9-10-11-12-13-14-15-16-17-18-19(20)21/h6-9H,2-5,10-18H2,1H3,(H,20,21)/b7-6-,9-8+. The third-order valence-electron chi connectivity index (χ3n) is 3.62. The first-order valence-electron chi connectivity index (χ1n) is 8.80. The number of carboxylic acid groups (broad SMARTS) is 1. The molecule has 0 spiro atoms. The normalized spacial score (nSPS) is 11.7. The molecule has 0 amide bonds. The quantitative estimate of drug-likeness (QED) is 0.285. The van der Waals surface area contributed by atoms with Crippen LogP contribution >= 0.6 is 0 Å². The van der Waals surface area contributed by atoms with Crippen molar-refractivity contribution in [3.8, 4) is 0 Å². The van der Waals surface area contributed by atoms with Gasteiger partial charge in [-0.25, -0.2) is 0 Å². The van der Waals surface area contributed by atoms with E-state index in [1.807, 2.05) is 0 Å². The van der Waals surface area contributed by atoms with Crippen molar-refractivity contribution in [3.63, 3.8) is 0 Å². The van der Waals surface area contributed by atoms with Crippen molar-refractivity contribution in [1.82, 2.24) is 0 Å². The summed E-state index contributed by atoms with van der Waals surface area (Å²) in [6.45, 7) is 2.24. The molecular weight excluding hydrogens is 260 g/mol. The number of rotatable bonds is 15. The number of hydrogen-bond donors (Lipinski definition) is 1. The van der Waals surface area contributed by atoms with Gasteiger partial charge in [-0.05, 0) is 32.1 Å². The second-order valence-corrected chi connectivity index (χ2v) is 5.76. The molecule has 0 bridgehead atoms. The summed E-state index contributed by atoms with van der Waals surface area (Å²) in [5, 5.41) is 8.52. The van der Waals surface area contributed by atoms with E-state index in [0.29, 0.717) is 6.42 Å². The van der Waals surface area contributed by atoms with Crippen LogP contribution in [0.25, 0.3) is 0 Å². The zero-order valence-electron chi connectivity index (χ0n) is 13.9. The SMILES string of the molecule is CCCCC/C=C\C=C\CCCCCCCCCC(=O)O. The molecular formula is C19H34O2. The Morgan fingerprint density at radius 3 is 1.76 bits per heavy atom. The van der Waals surface area contributed by atoms with Crippen LogP contribution < -0.4 is 0 Å². The molecule has 0 aromatic rings. The van der Waals surface area contributed by atoms with Gasteiger partial charge in [0.2, 0.25) is 0 Å². The molecule has 0 aromatic carbocycles. The lowest BCUT2D eigenvalue weighted by molar-refractivity contribution is -0.137. The van der Waals surface area contributed by atoms with Crippen molar-refractivity contribution in [3.05, 3.63) is 24.3 Å². The van der Waals surface area contributed by atoms with Crippen molar-refractivity contribution in [2.75, 3.05) is 0 Å². The van der Waals surface area contributed by atoms with E-state index >= 15 is 0 Å². The largest absolute Gasteiger partial charge is 0.481 e. The van der Waals surface area contributed by atoms with Crippen molar-refractivity contribution < 1.29 is 9.90 Å². The van der Waals surface area contributed by atoms with Crippen LogP contribution in [0.1, 0.15) is 90.4 Å². The lowest BCUT2D eigenvalue weighted by atomic mass is 10.1. The predicted octanol–water partition coefficient (Wildman–Crippen LogP) is 6.27. The molecule has 0 saturated carbocycles. The van der Waals surface area contributed by atoms with Crippen LogP contribution in [0.5, 0.6) is 0 Å². The minimum Gasteiger partial charge on any atom is -0.481 e. The Balaban J connectivity index is 3.16. The lowest BCUT2D eigenvalue weighted by Gasteiger charge is -1.99. The van der Waals surface area contributed by atoms with Crippen LogP contribution in [-0.4, -0.2) is 11.1 Å². The fraction of sp³-hybridized carbons (Fsp3) is 0.737. The summed E-state index contributed by atoms with van der Waals surface area (Å²) >= 11 is 0. The molecule has 122 valence electrons. The maximum absolute atomic E-state index is 10.3. The Morgan fingerprint density at radius 1 is 0.762 bits per heavy atom. The molecule has 21 heavy (non-hydrogen) atoms. The minimum atomic E-state index is -0.666. The Hall–Kier alpha value is -1.05. The van der Waals surface area contributed by atoms with Gasteiger partial charge >= 0.3 is 5.97 Å². The van der Waals surface area contributed by atoms with Gasteiger partial charge in [-0.1, -0.05) is 76.2 Å². The van der Waals surface area contributed by atoms with Crippen molar-refractivity contribution in [2.24, 2.45) is 0 Å². The van der Waals surface area contributed by atoms with Gasteiger partial charge < -0.3 is 5.11 Å². The zero-order chi connectivity index (χ0) is 15.6. The number of carboxylic acids is 1. The molecule has 2 nitrogen and oxygen atoms in total. The predicted molar refractivity (Wildman–Crippen MR) is 91.6 cm³/mol. The number of allylic oxidation sites excluding steroid dienone is 4. The van der Waals surface area contributed by atoms with E-state index in [1.54, 1.807) is 0 Å². The summed E-state index contributed by atoms with van der Waals surface area (Å²) in [5.41, 5.74) is 0. The third kappa shape index (κ3) is 18.9.